The van der Waals surface area contributed by atoms with Crippen molar-refractivity contribution in [1.82, 2.24) is 5.32 Å². The Bertz CT molecular complexity index is 1190. The van der Waals surface area contributed by atoms with Gasteiger partial charge in [0.15, 0.2) is 0 Å². The Morgan fingerprint density at radius 1 is 0.844 bits per heavy atom. The van der Waals surface area contributed by atoms with Crippen LogP contribution in [-0.4, -0.2) is 43.5 Å². The molecule has 3 aromatic carbocycles. The molecule has 1 aliphatic rings. The summed E-state index contributed by atoms with van der Waals surface area (Å²) in [7, 11) is 0. The van der Waals surface area contributed by atoms with Crippen LogP contribution >= 0.6 is 0 Å². The Balaban J connectivity index is 1.65. The number of aliphatic hydroxyl groups is 2. The molecule has 0 radical (unpaired) electrons. The van der Waals surface area contributed by atoms with Crippen molar-refractivity contribution in [2.75, 3.05) is 0 Å². The molecule has 1 aliphatic carbocycles. The van der Waals surface area contributed by atoms with Gasteiger partial charge >= 0.3 is 5.97 Å². The van der Waals surface area contributed by atoms with Crippen molar-refractivity contribution in [3.8, 4) is 11.5 Å². The fraction of sp³-hybridized carbons (Fsp3) is 0.167. The fourth-order valence-corrected chi connectivity index (χ4v) is 4.03. The highest BCUT2D eigenvalue weighted by molar-refractivity contribution is 5.97. The summed E-state index contributed by atoms with van der Waals surface area (Å²) >= 11 is 0. The number of phenolic OH excluding ortho intramolecular Hbond substituents is 2. The number of carbonyl (C=O) groups is 2. The lowest BCUT2D eigenvalue weighted by Gasteiger charge is -2.30. The molecule has 8 nitrogen and oxygen atoms in total. The van der Waals surface area contributed by atoms with Crippen LogP contribution in [0.1, 0.15) is 50.4 Å². The van der Waals surface area contributed by atoms with Crippen molar-refractivity contribution in [3.05, 3.63) is 94.0 Å². The highest BCUT2D eigenvalue weighted by Crippen LogP contribution is 2.47. The minimum Gasteiger partial charge on any atom is -0.508 e. The highest BCUT2D eigenvalue weighted by Gasteiger charge is 2.35. The molecule has 4 rings (SSSR count). The Morgan fingerprint density at radius 3 is 2.22 bits per heavy atom. The Kier molecular flexibility index (Phi) is 5.56. The Hall–Kier alpha value is -3.88. The Labute approximate surface area is 183 Å². The van der Waals surface area contributed by atoms with Crippen LogP contribution in [0.5, 0.6) is 11.5 Å². The van der Waals surface area contributed by atoms with Gasteiger partial charge in [0, 0.05) is 23.1 Å². The first-order valence-electron chi connectivity index (χ1n) is 9.90. The number of nitrogens with one attached hydrogen (secondary N) is 1. The molecule has 0 aliphatic heterocycles. The van der Waals surface area contributed by atoms with E-state index in [-0.39, 0.29) is 40.0 Å². The predicted octanol–water partition coefficient (Wildman–Crippen LogP) is 2.00. The van der Waals surface area contributed by atoms with E-state index in [1.807, 2.05) is 0 Å². The summed E-state index contributed by atoms with van der Waals surface area (Å²) in [5.74, 6) is -2.66. The van der Waals surface area contributed by atoms with Crippen LogP contribution in [0.4, 0.5) is 0 Å². The van der Waals surface area contributed by atoms with Gasteiger partial charge in [0.1, 0.15) is 29.7 Å². The van der Waals surface area contributed by atoms with Gasteiger partial charge in [0.2, 0.25) is 0 Å². The maximum atomic E-state index is 12.8. The zero-order valence-electron chi connectivity index (χ0n) is 16.8. The van der Waals surface area contributed by atoms with Crippen molar-refractivity contribution >= 4 is 11.9 Å². The number of carboxylic acids is 1. The van der Waals surface area contributed by atoms with Gasteiger partial charge in [-0.2, -0.15) is 0 Å². The minimum atomic E-state index is -1.41. The van der Waals surface area contributed by atoms with Crippen LogP contribution in [0.2, 0.25) is 0 Å². The first kappa shape index (κ1) is 21.4. The molecule has 32 heavy (non-hydrogen) atoms. The van der Waals surface area contributed by atoms with Crippen molar-refractivity contribution in [1.29, 1.82) is 0 Å². The zero-order chi connectivity index (χ0) is 23.0. The maximum absolute atomic E-state index is 12.8. The molecule has 3 atom stereocenters. The zero-order valence-corrected chi connectivity index (χ0v) is 16.8. The van der Waals surface area contributed by atoms with Crippen LogP contribution < -0.4 is 5.32 Å². The van der Waals surface area contributed by atoms with Crippen molar-refractivity contribution in [2.24, 2.45) is 0 Å². The number of carbonyl (C=O) groups excluding carboxylic acids is 1. The highest BCUT2D eigenvalue weighted by atomic mass is 16.4. The summed E-state index contributed by atoms with van der Waals surface area (Å²) in [6.07, 6.45) is -2.66. The number of amides is 1. The molecular formula is C24H21NO7. The first-order valence-corrected chi connectivity index (χ1v) is 9.90. The minimum absolute atomic E-state index is 0.0258. The number of phenols is 2. The molecule has 0 aromatic heterocycles. The number of hydrogen-bond acceptors (Lipinski definition) is 6. The SMILES string of the molecule is O=C(N[C@@H](Cc1ccccc1)C(=O)O)c1cc(O)c2c(c1)C(O)c1cccc(O)c1C2O. The topological polar surface area (TPSA) is 147 Å². The third kappa shape index (κ3) is 3.77. The monoisotopic (exact) mass is 435 g/mol. The molecule has 2 unspecified atom stereocenters. The van der Waals surface area contributed by atoms with E-state index in [1.54, 1.807) is 30.3 Å². The summed E-state index contributed by atoms with van der Waals surface area (Å²) < 4.78 is 0. The third-order valence-electron chi connectivity index (χ3n) is 5.59. The lowest BCUT2D eigenvalue weighted by Crippen LogP contribution is -2.42. The van der Waals surface area contributed by atoms with Crippen LogP contribution in [-0.2, 0) is 11.2 Å². The van der Waals surface area contributed by atoms with Crippen LogP contribution in [0.15, 0.2) is 60.7 Å². The molecule has 3 aromatic rings. The van der Waals surface area contributed by atoms with Gasteiger partial charge in [-0.25, -0.2) is 4.79 Å². The second-order valence-corrected chi connectivity index (χ2v) is 7.64. The van der Waals surface area contributed by atoms with E-state index in [1.165, 1.54) is 24.3 Å². The van der Waals surface area contributed by atoms with Gasteiger partial charge < -0.3 is 30.8 Å². The summed E-state index contributed by atoms with van der Waals surface area (Å²) in [6.45, 7) is 0. The van der Waals surface area contributed by atoms with Gasteiger partial charge in [-0.3, -0.25) is 4.79 Å². The van der Waals surface area contributed by atoms with E-state index in [4.69, 9.17) is 0 Å². The summed E-state index contributed by atoms with van der Waals surface area (Å²) in [6, 6.07) is 14.4. The lowest BCUT2D eigenvalue weighted by molar-refractivity contribution is -0.139. The molecule has 0 fully saturated rings. The van der Waals surface area contributed by atoms with Crippen LogP contribution in [0, 0.1) is 0 Å². The number of carboxylic acid groups (broad SMARTS) is 1. The number of aromatic hydroxyl groups is 2. The molecule has 0 heterocycles. The Morgan fingerprint density at radius 2 is 1.53 bits per heavy atom. The standard InChI is InChI=1S/C24H21NO7/c26-17-8-4-7-14-19(17)22(29)20-15(21(14)28)10-13(11-18(20)27)23(30)25-16(24(31)32)9-12-5-2-1-3-6-12/h1-8,10-11,16,21-22,26-29H,9H2,(H,25,30)(H,31,32)/t16-,21?,22?/m0/s1. The van der Waals surface area contributed by atoms with Gasteiger partial charge in [-0.15, -0.1) is 0 Å². The van der Waals surface area contributed by atoms with E-state index >= 15 is 0 Å². The summed E-state index contributed by atoms with van der Waals surface area (Å²) in [5.41, 5.74) is 1.04. The van der Waals surface area contributed by atoms with Crippen molar-refractivity contribution in [3.63, 3.8) is 0 Å². The number of rotatable bonds is 5. The van der Waals surface area contributed by atoms with E-state index < -0.39 is 35.9 Å². The van der Waals surface area contributed by atoms with E-state index in [9.17, 15) is 35.1 Å². The largest absolute Gasteiger partial charge is 0.508 e. The predicted molar refractivity (Wildman–Crippen MR) is 113 cm³/mol. The van der Waals surface area contributed by atoms with E-state index in [2.05, 4.69) is 5.32 Å². The molecule has 0 saturated carbocycles. The maximum Gasteiger partial charge on any atom is 0.326 e. The number of aliphatic hydroxyl groups excluding tert-OH is 2. The second kappa shape index (κ2) is 8.33. The van der Waals surface area contributed by atoms with Gasteiger partial charge in [-0.05, 0) is 34.9 Å². The smallest absolute Gasteiger partial charge is 0.326 e. The van der Waals surface area contributed by atoms with Gasteiger partial charge in [0.25, 0.3) is 5.91 Å². The molecule has 6 N–H and O–H groups in total. The summed E-state index contributed by atoms with van der Waals surface area (Å²) in [5, 5.41) is 54.1. The number of benzene rings is 3. The molecule has 8 heteroatoms. The molecule has 1 amide bonds. The lowest BCUT2D eigenvalue weighted by atomic mass is 9.80. The quantitative estimate of drug-likeness (QED) is 0.359. The average Bonchev–Trinajstić information content (AvgIpc) is 2.77. The number of hydrogen-bond donors (Lipinski definition) is 6. The molecule has 164 valence electrons. The third-order valence-corrected chi connectivity index (χ3v) is 5.59. The van der Waals surface area contributed by atoms with Gasteiger partial charge in [-0.1, -0.05) is 42.5 Å². The summed E-state index contributed by atoms with van der Waals surface area (Å²) in [4.78, 5) is 24.5. The number of fused-ring (bicyclic) bond motifs is 2. The molecule has 0 bridgehead atoms. The van der Waals surface area contributed by atoms with Crippen LogP contribution in [0.25, 0.3) is 0 Å². The van der Waals surface area contributed by atoms with Crippen LogP contribution in [0.3, 0.4) is 0 Å². The van der Waals surface area contributed by atoms with Crippen molar-refractivity contribution in [2.45, 2.75) is 24.7 Å². The second-order valence-electron chi connectivity index (χ2n) is 7.64. The average molecular weight is 435 g/mol. The van der Waals surface area contributed by atoms with E-state index in [0.717, 1.165) is 11.6 Å². The molecule has 0 saturated heterocycles. The number of aliphatic carboxylic acids is 1. The van der Waals surface area contributed by atoms with E-state index in [0.29, 0.717) is 0 Å². The van der Waals surface area contributed by atoms with Crippen molar-refractivity contribution < 1.29 is 35.1 Å². The van der Waals surface area contributed by atoms with Gasteiger partial charge in [0.05, 0.1) is 0 Å². The molecule has 0 spiro atoms. The molecular weight excluding hydrogens is 414 g/mol. The normalized spacial score (nSPS) is 17.7. The first-order chi connectivity index (χ1) is 15.3. The fourth-order valence-electron chi connectivity index (χ4n) is 4.03.